The summed E-state index contributed by atoms with van der Waals surface area (Å²) in [7, 11) is 0. The smallest absolute Gasteiger partial charge is 0.178 e. The molecule has 96 valence electrons. The van der Waals surface area contributed by atoms with E-state index in [9.17, 15) is 4.39 Å². The van der Waals surface area contributed by atoms with E-state index >= 15 is 0 Å². The molecule has 0 aliphatic carbocycles. The second kappa shape index (κ2) is 4.97. The molecule has 1 N–H and O–H groups in total. The first-order valence-corrected chi connectivity index (χ1v) is 6.98. The Labute approximate surface area is 126 Å². The zero-order valence-electron chi connectivity index (χ0n) is 9.60. The van der Waals surface area contributed by atoms with Crippen LogP contribution in [0.3, 0.4) is 0 Å². The maximum atomic E-state index is 13.7. The van der Waals surface area contributed by atoms with E-state index in [4.69, 9.17) is 12.2 Å². The third kappa shape index (κ3) is 2.39. The van der Waals surface area contributed by atoms with Crippen molar-refractivity contribution >= 4 is 45.8 Å². The van der Waals surface area contributed by atoms with Gasteiger partial charge in [0.1, 0.15) is 5.82 Å². The van der Waals surface area contributed by atoms with E-state index in [2.05, 4.69) is 15.2 Å². The lowest BCUT2D eigenvalue weighted by Gasteiger charge is -2.03. The molecule has 2 heterocycles. The summed E-state index contributed by atoms with van der Waals surface area (Å²) in [6.45, 7) is 0.465. The van der Waals surface area contributed by atoms with Gasteiger partial charge in [-0.25, -0.2) is 4.39 Å². The Bertz CT molecular complexity index is 797. The minimum atomic E-state index is -0.255. The summed E-state index contributed by atoms with van der Waals surface area (Å²) in [4.78, 5) is 3.07. The normalized spacial score (nSPS) is 11.1. The standard InChI is InChI=1S/C12H8FIN4S/c13-8-4-11-10(5-9(8)14)16-12(19)18(11)6-7-2-1-3-15-17-7/h1-5H,6H2,(H,16,19). The van der Waals surface area contributed by atoms with Gasteiger partial charge in [-0.05, 0) is 53.0 Å². The molecule has 1 aromatic carbocycles. The highest BCUT2D eigenvalue weighted by atomic mass is 127. The predicted octanol–water partition coefficient (Wildman–Crippen LogP) is 3.28. The Balaban J connectivity index is 2.16. The Morgan fingerprint density at radius 1 is 1.42 bits per heavy atom. The Morgan fingerprint density at radius 2 is 2.26 bits per heavy atom. The average Bonchev–Trinajstić information content (AvgIpc) is 2.68. The second-order valence-corrected chi connectivity index (χ2v) is 5.56. The van der Waals surface area contributed by atoms with Gasteiger partial charge in [-0.3, -0.25) is 0 Å². The van der Waals surface area contributed by atoms with Gasteiger partial charge < -0.3 is 9.55 Å². The fraction of sp³-hybridized carbons (Fsp3) is 0.0833. The molecule has 0 aliphatic heterocycles. The second-order valence-electron chi connectivity index (χ2n) is 4.01. The zero-order valence-corrected chi connectivity index (χ0v) is 12.6. The van der Waals surface area contributed by atoms with Crippen molar-refractivity contribution in [2.75, 3.05) is 0 Å². The summed E-state index contributed by atoms with van der Waals surface area (Å²) in [5, 5.41) is 7.84. The molecule has 0 amide bonds. The zero-order chi connectivity index (χ0) is 13.4. The van der Waals surface area contributed by atoms with Crippen LogP contribution in [0, 0.1) is 14.2 Å². The van der Waals surface area contributed by atoms with Gasteiger partial charge in [0.25, 0.3) is 0 Å². The summed E-state index contributed by atoms with van der Waals surface area (Å²) in [5.74, 6) is -0.255. The van der Waals surface area contributed by atoms with E-state index in [0.29, 0.717) is 14.9 Å². The summed E-state index contributed by atoms with van der Waals surface area (Å²) in [6.07, 6.45) is 1.61. The fourth-order valence-electron chi connectivity index (χ4n) is 1.89. The van der Waals surface area contributed by atoms with Crippen LogP contribution in [0.25, 0.3) is 11.0 Å². The molecule has 0 saturated carbocycles. The van der Waals surface area contributed by atoms with Crippen molar-refractivity contribution in [1.29, 1.82) is 0 Å². The molecule has 7 heteroatoms. The summed E-state index contributed by atoms with van der Waals surface area (Å²) in [6, 6.07) is 6.90. The highest BCUT2D eigenvalue weighted by molar-refractivity contribution is 14.1. The number of benzene rings is 1. The van der Waals surface area contributed by atoms with Crippen LogP contribution in [0.4, 0.5) is 4.39 Å². The largest absolute Gasteiger partial charge is 0.331 e. The van der Waals surface area contributed by atoms with Gasteiger partial charge in [-0.15, -0.1) is 0 Å². The molecule has 19 heavy (non-hydrogen) atoms. The molecule has 2 aromatic heterocycles. The third-order valence-corrected chi connectivity index (χ3v) is 3.91. The molecule has 0 unspecified atom stereocenters. The maximum absolute atomic E-state index is 13.7. The first-order chi connectivity index (χ1) is 9.15. The molecule has 0 bridgehead atoms. The number of aromatic amines is 1. The third-order valence-electron chi connectivity index (χ3n) is 2.76. The van der Waals surface area contributed by atoms with Crippen molar-refractivity contribution in [2.24, 2.45) is 0 Å². The van der Waals surface area contributed by atoms with Crippen LogP contribution in [0.5, 0.6) is 0 Å². The van der Waals surface area contributed by atoms with Crippen LogP contribution in [-0.4, -0.2) is 19.7 Å². The highest BCUT2D eigenvalue weighted by Crippen LogP contribution is 2.21. The number of H-pyrrole nitrogens is 1. The molecule has 0 saturated heterocycles. The number of hydrogen-bond acceptors (Lipinski definition) is 3. The van der Waals surface area contributed by atoms with E-state index in [1.54, 1.807) is 12.3 Å². The van der Waals surface area contributed by atoms with Gasteiger partial charge >= 0.3 is 0 Å². The van der Waals surface area contributed by atoms with Crippen LogP contribution in [0.15, 0.2) is 30.5 Å². The van der Waals surface area contributed by atoms with Crippen LogP contribution < -0.4 is 0 Å². The minimum Gasteiger partial charge on any atom is -0.331 e. The monoisotopic (exact) mass is 386 g/mol. The molecule has 0 spiro atoms. The number of nitrogens with zero attached hydrogens (tertiary/aromatic N) is 3. The Morgan fingerprint density at radius 3 is 3.00 bits per heavy atom. The first-order valence-electron chi connectivity index (χ1n) is 5.49. The van der Waals surface area contributed by atoms with Crippen molar-refractivity contribution < 1.29 is 4.39 Å². The first kappa shape index (κ1) is 12.7. The lowest BCUT2D eigenvalue weighted by atomic mass is 10.3. The van der Waals surface area contributed by atoms with Gasteiger partial charge in [0.05, 0.1) is 26.8 Å². The lowest BCUT2D eigenvalue weighted by molar-refractivity contribution is 0.621. The van der Waals surface area contributed by atoms with Crippen LogP contribution in [0.2, 0.25) is 0 Å². The number of fused-ring (bicyclic) bond motifs is 1. The van der Waals surface area contributed by atoms with Gasteiger partial charge in [0.2, 0.25) is 0 Å². The Kier molecular flexibility index (Phi) is 3.31. The highest BCUT2D eigenvalue weighted by Gasteiger charge is 2.09. The van der Waals surface area contributed by atoms with Gasteiger partial charge in [0.15, 0.2) is 4.77 Å². The molecular formula is C12H8FIN4S. The van der Waals surface area contributed by atoms with E-state index < -0.39 is 0 Å². The molecule has 0 radical (unpaired) electrons. The van der Waals surface area contributed by atoms with Crippen LogP contribution in [-0.2, 0) is 6.54 Å². The molecule has 4 nitrogen and oxygen atoms in total. The number of aromatic nitrogens is 4. The number of rotatable bonds is 2. The van der Waals surface area contributed by atoms with E-state index in [-0.39, 0.29) is 5.82 Å². The van der Waals surface area contributed by atoms with Crippen molar-refractivity contribution in [3.63, 3.8) is 0 Å². The Hall–Kier alpha value is -1.35. The fourth-order valence-corrected chi connectivity index (χ4v) is 2.63. The minimum absolute atomic E-state index is 0.255. The molecular weight excluding hydrogens is 378 g/mol. The SMILES string of the molecule is Fc1cc2c(cc1I)[nH]c(=S)n2Cc1cccnn1. The van der Waals surface area contributed by atoms with Crippen LogP contribution >= 0.6 is 34.8 Å². The maximum Gasteiger partial charge on any atom is 0.178 e. The van der Waals surface area contributed by atoms with Crippen molar-refractivity contribution in [1.82, 2.24) is 19.7 Å². The van der Waals surface area contributed by atoms with Crippen molar-refractivity contribution in [3.05, 3.63) is 50.3 Å². The van der Waals surface area contributed by atoms with Crippen LogP contribution in [0.1, 0.15) is 5.69 Å². The topological polar surface area (TPSA) is 46.5 Å². The van der Waals surface area contributed by atoms with Gasteiger partial charge in [-0.1, -0.05) is 0 Å². The molecule has 3 rings (SSSR count). The summed E-state index contributed by atoms with van der Waals surface area (Å²) < 4.78 is 16.6. The summed E-state index contributed by atoms with van der Waals surface area (Å²) >= 11 is 7.23. The molecule has 0 atom stereocenters. The predicted molar refractivity (Wildman–Crippen MR) is 80.9 cm³/mol. The van der Waals surface area contributed by atoms with E-state index in [1.807, 2.05) is 39.3 Å². The number of imidazole rings is 1. The average molecular weight is 386 g/mol. The quantitative estimate of drug-likeness (QED) is 0.543. The lowest BCUT2D eigenvalue weighted by Crippen LogP contribution is -2.02. The molecule has 0 fully saturated rings. The molecule has 3 aromatic rings. The summed E-state index contributed by atoms with van der Waals surface area (Å²) in [5.41, 5.74) is 2.33. The van der Waals surface area contributed by atoms with E-state index in [1.165, 1.54) is 6.07 Å². The van der Waals surface area contributed by atoms with Crippen molar-refractivity contribution in [2.45, 2.75) is 6.54 Å². The van der Waals surface area contributed by atoms with Gasteiger partial charge in [0, 0.05) is 12.3 Å². The molecule has 0 aliphatic rings. The van der Waals surface area contributed by atoms with E-state index in [0.717, 1.165) is 16.7 Å². The number of hydrogen-bond donors (Lipinski definition) is 1. The van der Waals surface area contributed by atoms with Crippen molar-refractivity contribution in [3.8, 4) is 0 Å². The number of nitrogens with one attached hydrogen (secondary N) is 1. The number of halogens is 2. The van der Waals surface area contributed by atoms with Gasteiger partial charge in [-0.2, -0.15) is 10.2 Å².